The molecule has 2 bridgehead atoms. The molecular formula is C23H26N2O4S2. The molecule has 6 nitrogen and oxygen atoms in total. The molecule has 4 aliphatic rings. The summed E-state index contributed by atoms with van der Waals surface area (Å²) < 4.78 is 11.5. The second kappa shape index (κ2) is 7.98. The molecule has 0 spiro atoms. The smallest absolute Gasteiger partial charge is 0.305 e. The maximum absolute atomic E-state index is 12.6. The van der Waals surface area contributed by atoms with E-state index in [-0.39, 0.29) is 23.3 Å². The minimum absolute atomic E-state index is 0.00194. The average molecular weight is 459 g/mol. The van der Waals surface area contributed by atoms with E-state index >= 15 is 0 Å². The second-order valence-corrected chi connectivity index (χ2v) is 11.2. The van der Waals surface area contributed by atoms with Gasteiger partial charge in [-0.2, -0.15) is 0 Å². The van der Waals surface area contributed by atoms with Crippen LogP contribution in [0.1, 0.15) is 35.6 Å². The van der Waals surface area contributed by atoms with Crippen LogP contribution >= 0.6 is 23.1 Å². The van der Waals surface area contributed by atoms with Gasteiger partial charge in [0.25, 0.3) is 5.91 Å². The van der Waals surface area contributed by atoms with Gasteiger partial charge in [-0.15, -0.1) is 11.8 Å². The molecule has 31 heavy (non-hydrogen) atoms. The lowest BCUT2D eigenvalue weighted by Gasteiger charge is -2.40. The number of fused-ring (bicyclic) bond motifs is 6. The van der Waals surface area contributed by atoms with E-state index in [4.69, 9.17) is 9.47 Å². The van der Waals surface area contributed by atoms with Crippen LogP contribution in [0.15, 0.2) is 34.1 Å². The van der Waals surface area contributed by atoms with Crippen LogP contribution in [0.2, 0.25) is 0 Å². The van der Waals surface area contributed by atoms with Crippen molar-refractivity contribution >= 4 is 29.0 Å². The molecular weight excluding hydrogens is 432 g/mol. The molecule has 6 rings (SSSR count). The zero-order valence-corrected chi connectivity index (χ0v) is 18.9. The van der Waals surface area contributed by atoms with Crippen LogP contribution in [0.4, 0.5) is 0 Å². The minimum Gasteiger partial charge on any atom is -0.483 e. The Bertz CT molecular complexity index is 1040. The summed E-state index contributed by atoms with van der Waals surface area (Å²) in [6, 6.07) is 8.12. The standard InChI is InChI=1S/C23H26N2O4S2/c26-17(25-7-9-28-10-8-25)12-29-16-4-2-1-3-15(16)19-18-13-5-6-14(11-13)20(18)30-22-21(19)31-23(27)24-22/h1-4,13-14,18-20H,5-12H2,(H,24,27)/t13?,14?,18?,19-,20?/m1/s1. The summed E-state index contributed by atoms with van der Waals surface area (Å²) in [5.41, 5.74) is 1.12. The van der Waals surface area contributed by atoms with Crippen LogP contribution in [0.3, 0.4) is 0 Å². The van der Waals surface area contributed by atoms with Crippen molar-refractivity contribution in [2.45, 2.75) is 35.5 Å². The van der Waals surface area contributed by atoms with Crippen LogP contribution < -0.4 is 9.61 Å². The third-order valence-corrected chi connectivity index (χ3v) is 10.1. The van der Waals surface area contributed by atoms with Gasteiger partial charge in [-0.05, 0) is 43.1 Å². The molecule has 8 heteroatoms. The molecule has 5 atom stereocenters. The number of ether oxygens (including phenoxy) is 2. The van der Waals surface area contributed by atoms with Crippen molar-refractivity contribution < 1.29 is 14.3 Å². The fraction of sp³-hybridized carbons (Fsp3) is 0.565. The lowest BCUT2D eigenvalue weighted by Crippen LogP contribution is -2.43. The molecule has 0 radical (unpaired) electrons. The highest BCUT2D eigenvalue weighted by molar-refractivity contribution is 8.00. The van der Waals surface area contributed by atoms with E-state index in [9.17, 15) is 9.59 Å². The molecule has 1 saturated heterocycles. The molecule has 1 amide bonds. The molecule has 2 saturated carbocycles. The molecule has 3 fully saturated rings. The quantitative estimate of drug-likeness (QED) is 0.761. The first kappa shape index (κ1) is 19.9. The predicted molar refractivity (Wildman–Crippen MR) is 120 cm³/mol. The number of nitrogens with one attached hydrogen (secondary N) is 1. The Hall–Kier alpha value is -1.77. The van der Waals surface area contributed by atoms with Gasteiger partial charge >= 0.3 is 4.87 Å². The van der Waals surface area contributed by atoms with Crippen molar-refractivity contribution in [3.63, 3.8) is 0 Å². The second-order valence-electron chi connectivity index (χ2n) is 9.00. The van der Waals surface area contributed by atoms with Crippen molar-refractivity contribution in [1.82, 2.24) is 9.88 Å². The van der Waals surface area contributed by atoms with Crippen LogP contribution in [0.25, 0.3) is 0 Å². The molecule has 1 aromatic heterocycles. The maximum Gasteiger partial charge on any atom is 0.305 e. The number of aromatic nitrogens is 1. The number of hydrogen-bond donors (Lipinski definition) is 1. The Kier molecular flexibility index (Phi) is 5.11. The molecule has 164 valence electrons. The maximum atomic E-state index is 12.6. The largest absolute Gasteiger partial charge is 0.483 e. The fourth-order valence-corrected chi connectivity index (χ4v) is 8.99. The topological polar surface area (TPSA) is 71.6 Å². The van der Waals surface area contributed by atoms with Crippen molar-refractivity contribution in [2.24, 2.45) is 17.8 Å². The van der Waals surface area contributed by atoms with E-state index in [1.54, 1.807) is 0 Å². The summed E-state index contributed by atoms with van der Waals surface area (Å²) in [4.78, 5) is 31.0. The number of carbonyl (C=O) groups is 1. The van der Waals surface area contributed by atoms with Crippen LogP contribution in [-0.2, 0) is 9.53 Å². The first-order valence-electron chi connectivity index (χ1n) is 11.2. The highest BCUT2D eigenvalue weighted by Gasteiger charge is 2.55. The molecule has 1 aromatic carbocycles. The lowest BCUT2D eigenvalue weighted by atomic mass is 9.74. The summed E-state index contributed by atoms with van der Waals surface area (Å²) >= 11 is 3.24. The Labute approximate surface area is 189 Å². The number of hydrogen-bond acceptors (Lipinski definition) is 6. The summed E-state index contributed by atoms with van der Waals surface area (Å²) in [6.07, 6.45) is 3.90. The SMILES string of the molecule is O=C(COc1ccccc1[C@H]1c2sc(=O)[nH]c2SC2C3CCC(C3)C21)N1CCOCC1. The van der Waals surface area contributed by atoms with E-state index < -0.39 is 0 Å². The lowest BCUT2D eigenvalue weighted by molar-refractivity contribution is -0.137. The number of benzene rings is 1. The monoisotopic (exact) mass is 458 g/mol. The Morgan fingerprint density at radius 3 is 2.87 bits per heavy atom. The Balaban J connectivity index is 1.32. The molecule has 4 unspecified atom stereocenters. The zero-order valence-electron chi connectivity index (χ0n) is 17.2. The summed E-state index contributed by atoms with van der Waals surface area (Å²) in [5.74, 6) is 2.92. The van der Waals surface area contributed by atoms with Crippen LogP contribution in [0.5, 0.6) is 5.75 Å². The molecule has 1 N–H and O–H groups in total. The van der Waals surface area contributed by atoms with Crippen molar-refractivity contribution in [3.05, 3.63) is 44.4 Å². The molecule has 3 heterocycles. The third kappa shape index (κ3) is 3.43. The number of amides is 1. The average Bonchev–Trinajstić information content (AvgIpc) is 3.51. The van der Waals surface area contributed by atoms with Crippen molar-refractivity contribution in [3.8, 4) is 5.75 Å². The van der Waals surface area contributed by atoms with Gasteiger partial charge in [0.05, 0.1) is 18.2 Å². The van der Waals surface area contributed by atoms with Crippen molar-refractivity contribution in [2.75, 3.05) is 32.9 Å². The number of nitrogens with zero attached hydrogens (tertiary/aromatic N) is 1. The fourth-order valence-electron chi connectivity index (χ4n) is 6.11. The number of para-hydroxylation sites is 1. The van der Waals surface area contributed by atoms with Gasteiger partial charge in [-0.1, -0.05) is 29.5 Å². The number of carbonyl (C=O) groups excluding carboxylic acids is 1. The highest BCUT2D eigenvalue weighted by Crippen LogP contribution is 2.64. The number of H-pyrrole nitrogens is 1. The number of morpholine rings is 1. The van der Waals surface area contributed by atoms with E-state index in [0.717, 1.165) is 27.1 Å². The highest BCUT2D eigenvalue weighted by atomic mass is 32.2. The summed E-state index contributed by atoms with van der Waals surface area (Å²) in [6.45, 7) is 2.45. The van der Waals surface area contributed by atoms with Gasteiger partial charge < -0.3 is 19.4 Å². The van der Waals surface area contributed by atoms with Gasteiger partial charge in [0.2, 0.25) is 0 Å². The third-order valence-electron chi connectivity index (χ3n) is 7.43. The van der Waals surface area contributed by atoms with Gasteiger partial charge in [-0.3, -0.25) is 9.59 Å². The van der Waals surface area contributed by atoms with Crippen molar-refractivity contribution in [1.29, 1.82) is 0 Å². The number of aromatic amines is 1. The van der Waals surface area contributed by atoms with Gasteiger partial charge in [0.15, 0.2) is 6.61 Å². The Morgan fingerprint density at radius 1 is 1.19 bits per heavy atom. The van der Waals surface area contributed by atoms with Gasteiger partial charge in [-0.25, -0.2) is 0 Å². The summed E-state index contributed by atoms with van der Waals surface area (Å²) in [7, 11) is 0. The van der Waals surface area contributed by atoms with Gasteiger partial charge in [0.1, 0.15) is 5.75 Å². The number of thioether (sulfide) groups is 1. The molecule has 2 aliphatic carbocycles. The van der Waals surface area contributed by atoms with Crippen LogP contribution in [-0.4, -0.2) is 54.0 Å². The Morgan fingerprint density at radius 2 is 2.00 bits per heavy atom. The minimum atomic E-state index is 0.00194. The summed E-state index contributed by atoms with van der Waals surface area (Å²) in [5, 5.41) is 1.61. The molecule has 2 aromatic rings. The van der Waals surface area contributed by atoms with E-state index in [1.807, 2.05) is 34.9 Å². The predicted octanol–water partition coefficient (Wildman–Crippen LogP) is 3.33. The first-order valence-corrected chi connectivity index (χ1v) is 12.9. The van der Waals surface area contributed by atoms with E-state index in [1.165, 1.54) is 30.6 Å². The van der Waals surface area contributed by atoms with Crippen LogP contribution in [0, 0.1) is 17.8 Å². The number of thiazole rings is 1. The van der Waals surface area contributed by atoms with Gasteiger partial charge in [0, 0.05) is 34.7 Å². The molecule has 2 aliphatic heterocycles. The first-order chi connectivity index (χ1) is 15.2. The van der Waals surface area contributed by atoms with E-state index in [2.05, 4.69) is 11.1 Å². The van der Waals surface area contributed by atoms with E-state index in [0.29, 0.717) is 43.4 Å². The normalized spacial score (nSPS) is 31.4. The zero-order chi connectivity index (χ0) is 20.9. The number of rotatable bonds is 4.